The Bertz CT molecular complexity index is 656. The number of hydrogen-bond donors (Lipinski definition) is 0. The summed E-state index contributed by atoms with van der Waals surface area (Å²) in [5, 5.41) is 0. The second-order valence-corrected chi connectivity index (χ2v) is 8.00. The maximum atomic E-state index is 12.7. The van der Waals surface area contributed by atoms with Crippen LogP contribution in [-0.4, -0.2) is 17.3 Å². The van der Waals surface area contributed by atoms with E-state index >= 15 is 0 Å². The normalized spacial score (nSPS) is 46.9. The van der Waals surface area contributed by atoms with Gasteiger partial charge in [0.1, 0.15) is 5.78 Å². The highest BCUT2D eigenvalue weighted by molar-refractivity contribution is 6.10. The van der Waals surface area contributed by atoms with Crippen molar-refractivity contribution in [3.05, 3.63) is 23.8 Å². The molecular formula is C19H22O3. The molecule has 0 aromatic heterocycles. The lowest BCUT2D eigenvalue weighted by Crippen LogP contribution is -2.52. The molecule has 4 rings (SSSR count). The monoisotopic (exact) mass is 298 g/mol. The van der Waals surface area contributed by atoms with Crippen molar-refractivity contribution < 1.29 is 14.4 Å². The summed E-state index contributed by atoms with van der Waals surface area (Å²) in [5.74, 6) is 1.44. The third-order valence-electron chi connectivity index (χ3n) is 7.10. The maximum Gasteiger partial charge on any atom is 0.178 e. The van der Waals surface area contributed by atoms with E-state index in [9.17, 15) is 14.4 Å². The van der Waals surface area contributed by atoms with Gasteiger partial charge in [-0.05, 0) is 49.2 Å². The summed E-state index contributed by atoms with van der Waals surface area (Å²) < 4.78 is 0. The first kappa shape index (κ1) is 14.1. The van der Waals surface area contributed by atoms with Gasteiger partial charge < -0.3 is 0 Å². The Labute approximate surface area is 130 Å². The number of rotatable bonds is 0. The fourth-order valence-electron chi connectivity index (χ4n) is 5.81. The number of carbonyl (C=O) groups excluding carboxylic acids is 3. The van der Waals surface area contributed by atoms with Gasteiger partial charge in [-0.25, -0.2) is 0 Å². The van der Waals surface area contributed by atoms with Crippen LogP contribution in [0.2, 0.25) is 0 Å². The van der Waals surface area contributed by atoms with Crippen LogP contribution in [0.4, 0.5) is 0 Å². The molecule has 0 aromatic carbocycles. The van der Waals surface area contributed by atoms with Crippen molar-refractivity contribution in [2.45, 2.75) is 46.0 Å². The fourth-order valence-corrected chi connectivity index (χ4v) is 5.81. The van der Waals surface area contributed by atoms with Crippen molar-refractivity contribution in [3.8, 4) is 0 Å². The molecule has 0 heterocycles. The van der Waals surface area contributed by atoms with Gasteiger partial charge in [0.15, 0.2) is 11.6 Å². The molecule has 3 saturated carbocycles. The number of hydrogen-bond acceptors (Lipinski definition) is 3. The number of Topliss-reactive ketones (excluding diaryl/α,β-unsaturated/α-hetero) is 2. The third kappa shape index (κ3) is 1.60. The molecule has 116 valence electrons. The quantitative estimate of drug-likeness (QED) is 0.690. The first-order chi connectivity index (χ1) is 10.4. The van der Waals surface area contributed by atoms with Gasteiger partial charge in [-0.3, -0.25) is 14.4 Å². The van der Waals surface area contributed by atoms with Gasteiger partial charge in [0.25, 0.3) is 0 Å². The predicted octanol–water partition coefficient (Wildman–Crippen LogP) is 3.04. The zero-order valence-electron chi connectivity index (χ0n) is 13.2. The van der Waals surface area contributed by atoms with Crippen molar-refractivity contribution in [1.82, 2.24) is 0 Å². The molecule has 5 atom stereocenters. The fraction of sp³-hybridized carbons (Fsp3) is 0.632. The smallest absolute Gasteiger partial charge is 0.178 e. The van der Waals surface area contributed by atoms with Crippen molar-refractivity contribution in [1.29, 1.82) is 0 Å². The second kappa shape index (κ2) is 4.27. The molecular weight excluding hydrogens is 276 g/mol. The van der Waals surface area contributed by atoms with E-state index < -0.39 is 0 Å². The Kier molecular flexibility index (Phi) is 2.74. The second-order valence-electron chi connectivity index (χ2n) is 8.00. The zero-order valence-corrected chi connectivity index (χ0v) is 13.2. The van der Waals surface area contributed by atoms with Gasteiger partial charge in [0.05, 0.1) is 0 Å². The van der Waals surface area contributed by atoms with Gasteiger partial charge in [0.2, 0.25) is 0 Å². The van der Waals surface area contributed by atoms with E-state index in [1.165, 1.54) is 0 Å². The highest BCUT2D eigenvalue weighted by Crippen LogP contribution is 2.62. The SMILES string of the molecule is C[C@]12C=CC(=O)C=C1C(=O)C[C@@H]1[C@@H]2CC[C@]2(C)C(=O)CC[C@@H]12. The molecule has 22 heavy (non-hydrogen) atoms. The molecule has 3 nitrogen and oxygen atoms in total. The van der Waals surface area contributed by atoms with Crippen LogP contribution >= 0.6 is 0 Å². The van der Waals surface area contributed by atoms with E-state index in [2.05, 4.69) is 13.8 Å². The average molecular weight is 298 g/mol. The largest absolute Gasteiger partial charge is 0.299 e. The Morgan fingerprint density at radius 3 is 2.64 bits per heavy atom. The Hall–Kier alpha value is -1.51. The lowest BCUT2D eigenvalue weighted by atomic mass is 9.48. The highest BCUT2D eigenvalue weighted by atomic mass is 16.1. The minimum Gasteiger partial charge on any atom is -0.299 e. The molecule has 0 bridgehead atoms. The number of allylic oxidation sites excluding steroid dienone is 4. The van der Waals surface area contributed by atoms with Crippen molar-refractivity contribution in [2.75, 3.05) is 0 Å². The van der Waals surface area contributed by atoms with E-state index in [0.717, 1.165) is 19.3 Å². The van der Waals surface area contributed by atoms with Gasteiger partial charge in [0, 0.05) is 29.2 Å². The first-order valence-corrected chi connectivity index (χ1v) is 8.38. The molecule has 0 amide bonds. The summed E-state index contributed by atoms with van der Waals surface area (Å²) in [6.07, 6.45) is 9.14. The Balaban J connectivity index is 1.78. The highest BCUT2D eigenvalue weighted by Gasteiger charge is 2.60. The number of ketones is 3. The van der Waals surface area contributed by atoms with E-state index in [4.69, 9.17) is 0 Å². The lowest BCUT2D eigenvalue weighted by molar-refractivity contribution is -0.135. The Morgan fingerprint density at radius 1 is 1.09 bits per heavy atom. The molecule has 4 aliphatic carbocycles. The van der Waals surface area contributed by atoms with E-state index in [1.54, 1.807) is 12.2 Å². The first-order valence-electron chi connectivity index (χ1n) is 8.38. The summed E-state index contributed by atoms with van der Waals surface area (Å²) in [6, 6.07) is 0. The predicted molar refractivity (Wildman–Crippen MR) is 82.0 cm³/mol. The van der Waals surface area contributed by atoms with E-state index in [1.807, 2.05) is 6.08 Å². The molecule has 0 aromatic rings. The molecule has 0 aliphatic heterocycles. The molecule has 0 saturated heterocycles. The summed E-state index contributed by atoms with van der Waals surface area (Å²) in [6.45, 7) is 4.22. The van der Waals surface area contributed by atoms with Gasteiger partial charge in [-0.15, -0.1) is 0 Å². The van der Waals surface area contributed by atoms with Crippen LogP contribution in [0.3, 0.4) is 0 Å². The molecule has 4 aliphatic rings. The van der Waals surface area contributed by atoms with Crippen LogP contribution in [0.25, 0.3) is 0 Å². The van der Waals surface area contributed by atoms with E-state index in [0.29, 0.717) is 36.0 Å². The maximum absolute atomic E-state index is 12.7. The Morgan fingerprint density at radius 2 is 1.86 bits per heavy atom. The van der Waals surface area contributed by atoms with Gasteiger partial charge >= 0.3 is 0 Å². The zero-order chi connectivity index (χ0) is 15.7. The van der Waals surface area contributed by atoms with Crippen LogP contribution in [0, 0.1) is 28.6 Å². The van der Waals surface area contributed by atoms with Crippen LogP contribution in [-0.2, 0) is 14.4 Å². The molecule has 0 unspecified atom stereocenters. The molecule has 3 heteroatoms. The molecule has 0 spiro atoms. The van der Waals surface area contributed by atoms with Crippen molar-refractivity contribution in [3.63, 3.8) is 0 Å². The van der Waals surface area contributed by atoms with Crippen LogP contribution < -0.4 is 0 Å². The van der Waals surface area contributed by atoms with Crippen molar-refractivity contribution in [2.24, 2.45) is 28.6 Å². The van der Waals surface area contributed by atoms with Gasteiger partial charge in [-0.2, -0.15) is 0 Å². The van der Waals surface area contributed by atoms with Gasteiger partial charge in [-0.1, -0.05) is 19.9 Å². The van der Waals surface area contributed by atoms with Crippen molar-refractivity contribution >= 4 is 17.3 Å². The van der Waals surface area contributed by atoms with Crippen LogP contribution in [0.15, 0.2) is 23.8 Å². The minimum atomic E-state index is -0.319. The molecule has 0 radical (unpaired) electrons. The molecule has 3 fully saturated rings. The van der Waals surface area contributed by atoms with Crippen LogP contribution in [0.5, 0.6) is 0 Å². The topological polar surface area (TPSA) is 51.2 Å². The van der Waals surface area contributed by atoms with Crippen LogP contribution in [0.1, 0.15) is 46.0 Å². The summed E-state index contributed by atoms with van der Waals surface area (Å²) in [7, 11) is 0. The third-order valence-corrected chi connectivity index (χ3v) is 7.10. The van der Waals surface area contributed by atoms with E-state index in [-0.39, 0.29) is 28.3 Å². The summed E-state index contributed by atoms with van der Waals surface area (Å²) >= 11 is 0. The lowest BCUT2D eigenvalue weighted by Gasteiger charge is -2.54. The summed E-state index contributed by atoms with van der Waals surface area (Å²) in [5.41, 5.74) is 0.169. The summed E-state index contributed by atoms with van der Waals surface area (Å²) in [4.78, 5) is 36.7. The standard InChI is InChI=1S/C19H22O3/c1-18-7-5-11(20)9-15(18)16(21)10-12-13-3-4-17(22)19(13,2)8-6-14(12)18/h5,7,9,12-14H,3-4,6,8,10H2,1-2H3/t12-,13-,14-,18+,19-/m0/s1. The minimum absolute atomic E-state index is 0.0732. The molecule has 0 N–H and O–H groups in total. The number of fused-ring (bicyclic) bond motifs is 5. The average Bonchev–Trinajstić information content (AvgIpc) is 2.77. The number of carbonyl (C=O) groups is 3.